The second-order valence-electron chi connectivity index (χ2n) is 7.02. The fourth-order valence-corrected chi connectivity index (χ4v) is 4.80. The van der Waals surface area contributed by atoms with Crippen LogP contribution in [0, 0.1) is 12.7 Å². The van der Waals surface area contributed by atoms with E-state index in [4.69, 9.17) is 16.3 Å². The maximum atomic E-state index is 14.3. The fourth-order valence-electron chi connectivity index (χ4n) is 3.55. The zero-order valence-corrected chi connectivity index (χ0v) is 18.7. The van der Waals surface area contributed by atoms with Crippen LogP contribution in [-0.2, 0) is 16.6 Å². The van der Waals surface area contributed by atoms with E-state index >= 15 is 0 Å². The predicted molar refractivity (Wildman–Crippen MR) is 115 cm³/mol. The zero-order chi connectivity index (χ0) is 22.4. The summed E-state index contributed by atoms with van der Waals surface area (Å²) in [7, 11) is 3.05. The normalized spacial score (nSPS) is 16.3. The van der Waals surface area contributed by atoms with Crippen LogP contribution in [0.4, 0.5) is 4.39 Å². The Morgan fingerprint density at radius 2 is 2.10 bits per heavy atom. The maximum absolute atomic E-state index is 14.3. The van der Waals surface area contributed by atoms with E-state index in [0.29, 0.717) is 16.1 Å². The average Bonchev–Trinajstić information content (AvgIpc) is 3.22. The van der Waals surface area contributed by atoms with E-state index in [9.17, 15) is 14.0 Å². The highest BCUT2D eigenvalue weighted by molar-refractivity contribution is 7.07. The number of aromatic nitrogens is 3. The molecule has 2 aromatic heterocycles. The van der Waals surface area contributed by atoms with Crippen LogP contribution in [0.1, 0.15) is 29.8 Å². The quantitative estimate of drug-likeness (QED) is 0.561. The van der Waals surface area contributed by atoms with Crippen LogP contribution >= 0.6 is 22.9 Å². The standard InChI is InChI=1S/C21H18ClFN4O3S/c1-10-17(20(29)30-4)18(13-9-24-26(3)11(13)2)27-19(28)16(31-21(27)25-10)8-12-14(22)6-5-7-15(12)23/h5-9,18H,1-4H3/b16-8-/t18-/m1/s1. The van der Waals surface area contributed by atoms with Gasteiger partial charge in [-0.15, -0.1) is 0 Å². The number of hydrogen-bond donors (Lipinski definition) is 0. The maximum Gasteiger partial charge on any atom is 0.338 e. The van der Waals surface area contributed by atoms with Crippen molar-refractivity contribution in [3.8, 4) is 0 Å². The van der Waals surface area contributed by atoms with E-state index in [-0.39, 0.29) is 20.7 Å². The van der Waals surface area contributed by atoms with Crippen LogP contribution in [0.15, 0.2) is 45.5 Å². The summed E-state index contributed by atoms with van der Waals surface area (Å²) in [6, 6.07) is 3.55. The molecular formula is C21H18ClFN4O3S. The van der Waals surface area contributed by atoms with Gasteiger partial charge in [0, 0.05) is 23.9 Å². The van der Waals surface area contributed by atoms with E-state index in [1.54, 1.807) is 30.9 Å². The fraction of sp³-hybridized carbons (Fsp3) is 0.238. The van der Waals surface area contributed by atoms with Crippen molar-refractivity contribution >= 4 is 35.0 Å². The third-order valence-electron chi connectivity index (χ3n) is 5.27. The predicted octanol–water partition coefficient (Wildman–Crippen LogP) is 2.24. The number of carbonyl (C=O) groups excluding carboxylic acids is 1. The second-order valence-corrected chi connectivity index (χ2v) is 8.43. The number of thiazole rings is 1. The van der Waals surface area contributed by atoms with Gasteiger partial charge in [0.25, 0.3) is 5.56 Å². The number of nitrogens with zero attached hydrogens (tertiary/aromatic N) is 4. The number of aryl methyl sites for hydroxylation is 1. The van der Waals surface area contributed by atoms with Crippen LogP contribution < -0.4 is 14.9 Å². The summed E-state index contributed by atoms with van der Waals surface area (Å²) in [5.74, 6) is -1.12. The number of hydrogen-bond acceptors (Lipinski definition) is 6. The Hall–Kier alpha value is -3.04. The lowest BCUT2D eigenvalue weighted by molar-refractivity contribution is -0.136. The summed E-state index contributed by atoms with van der Waals surface area (Å²) in [5.41, 5.74) is 1.86. The minimum absolute atomic E-state index is 0.118. The van der Waals surface area contributed by atoms with E-state index in [1.807, 2.05) is 6.92 Å². The summed E-state index contributed by atoms with van der Waals surface area (Å²) in [6.45, 7) is 3.54. The Kier molecular flexibility index (Phi) is 5.40. The molecule has 1 atom stereocenters. The first-order valence-corrected chi connectivity index (χ1v) is 10.5. The van der Waals surface area contributed by atoms with Gasteiger partial charge in [-0.1, -0.05) is 29.0 Å². The molecular weight excluding hydrogens is 443 g/mol. The van der Waals surface area contributed by atoms with Crippen molar-refractivity contribution in [2.24, 2.45) is 12.0 Å². The first-order valence-electron chi connectivity index (χ1n) is 9.28. The minimum atomic E-state index is -0.768. The smallest absolute Gasteiger partial charge is 0.338 e. The van der Waals surface area contributed by atoms with Gasteiger partial charge >= 0.3 is 5.97 Å². The van der Waals surface area contributed by atoms with E-state index in [0.717, 1.165) is 17.0 Å². The molecule has 0 fully saturated rings. The van der Waals surface area contributed by atoms with Crippen molar-refractivity contribution in [3.63, 3.8) is 0 Å². The molecule has 160 valence electrons. The Labute approximate surface area is 185 Å². The van der Waals surface area contributed by atoms with Crippen LogP contribution in [0.2, 0.25) is 5.02 Å². The van der Waals surface area contributed by atoms with Gasteiger partial charge in [0.15, 0.2) is 4.80 Å². The molecule has 0 saturated carbocycles. The largest absolute Gasteiger partial charge is 0.466 e. The van der Waals surface area contributed by atoms with Gasteiger partial charge in [0.05, 0.1) is 34.1 Å². The number of benzene rings is 1. The molecule has 31 heavy (non-hydrogen) atoms. The molecule has 0 radical (unpaired) electrons. The summed E-state index contributed by atoms with van der Waals surface area (Å²) >= 11 is 7.23. The Bertz CT molecular complexity index is 1410. The van der Waals surface area contributed by atoms with Crippen molar-refractivity contribution in [1.82, 2.24) is 14.3 Å². The first-order chi connectivity index (χ1) is 14.7. The van der Waals surface area contributed by atoms with Crippen molar-refractivity contribution in [2.45, 2.75) is 19.9 Å². The molecule has 0 unspecified atom stereocenters. The lowest BCUT2D eigenvalue weighted by Gasteiger charge is -2.23. The Morgan fingerprint density at radius 3 is 2.71 bits per heavy atom. The first kappa shape index (κ1) is 21.2. The minimum Gasteiger partial charge on any atom is -0.466 e. The average molecular weight is 461 g/mol. The Balaban J connectivity index is 2.04. The van der Waals surface area contributed by atoms with E-state index < -0.39 is 23.4 Å². The lowest BCUT2D eigenvalue weighted by atomic mass is 9.96. The monoisotopic (exact) mass is 460 g/mol. The Morgan fingerprint density at radius 1 is 1.35 bits per heavy atom. The van der Waals surface area contributed by atoms with Crippen molar-refractivity contribution in [3.05, 3.63) is 83.0 Å². The molecule has 0 saturated heterocycles. The number of halogens is 2. The second kappa shape index (κ2) is 7.90. The van der Waals surface area contributed by atoms with Crippen LogP contribution in [0.25, 0.3) is 6.08 Å². The number of ether oxygens (including phenoxy) is 1. The molecule has 4 rings (SSSR count). The number of rotatable bonds is 3. The SMILES string of the molecule is COC(=O)C1=C(C)N=c2s/c(=C\c3c(F)cccc3Cl)c(=O)n2[C@@H]1c1cnn(C)c1C. The molecule has 0 aliphatic carbocycles. The number of esters is 1. The number of allylic oxidation sites excluding steroid dienone is 1. The molecule has 7 nitrogen and oxygen atoms in total. The van der Waals surface area contributed by atoms with Gasteiger partial charge in [-0.3, -0.25) is 14.0 Å². The van der Waals surface area contributed by atoms with Crippen molar-refractivity contribution in [2.75, 3.05) is 7.11 Å². The third-order valence-corrected chi connectivity index (χ3v) is 6.58. The number of fused-ring (bicyclic) bond motifs is 1. The summed E-state index contributed by atoms with van der Waals surface area (Å²) < 4.78 is 22.6. The molecule has 0 amide bonds. The molecule has 1 aliphatic rings. The van der Waals surface area contributed by atoms with Gasteiger partial charge in [0.2, 0.25) is 0 Å². The molecule has 0 spiro atoms. The third kappa shape index (κ3) is 3.43. The van der Waals surface area contributed by atoms with Crippen LogP contribution in [0.5, 0.6) is 0 Å². The molecule has 3 heterocycles. The van der Waals surface area contributed by atoms with Crippen LogP contribution in [0.3, 0.4) is 0 Å². The van der Waals surface area contributed by atoms with E-state index in [2.05, 4.69) is 10.1 Å². The highest BCUT2D eigenvalue weighted by Crippen LogP contribution is 2.32. The summed E-state index contributed by atoms with van der Waals surface area (Å²) in [6.07, 6.45) is 3.03. The topological polar surface area (TPSA) is 78.5 Å². The molecule has 1 aliphatic heterocycles. The van der Waals surface area contributed by atoms with Gasteiger partial charge < -0.3 is 4.74 Å². The molecule has 3 aromatic rings. The van der Waals surface area contributed by atoms with Gasteiger partial charge in [-0.25, -0.2) is 14.2 Å². The number of methoxy groups -OCH3 is 1. The van der Waals surface area contributed by atoms with Crippen LogP contribution in [-0.4, -0.2) is 27.4 Å². The summed E-state index contributed by atoms with van der Waals surface area (Å²) in [5, 5.41) is 4.45. The molecule has 0 bridgehead atoms. The van der Waals surface area contributed by atoms with Crippen molar-refractivity contribution in [1.29, 1.82) is 0 Å². The summed E-state index contributed by atoms with van der Waals surface area (Å²) in [4.78, 5) is 30.9. The molecule has 10 heteroatoms. The van der Waals surface area contributed by atoms with Gasteiger partial charge in [-0.2, -0.15) is 5.10 Å². The molecule has 1 aromatic carbocycles. The van der Waals surface area contributed by atoms with E-state index in [1.165, 1.54) is 29.9 Å². The van der Waals surface area contributed by atoms with Gasteiger partial charge in [-0.05, 0) is 32.1 Å². The molecule has 0 N–H and O–H groups in total. The van der Waals surface area contributed by atoms with Crippen molar-refractivity contribution < 1.29 is 13.9 Å². The number of carbonyl (C=O) groups is 1. The lowest BCUT2D eigenvalue weighted by Crippen LogP contribution is -2.40. The zero-order valence-electron chi connectivity index (χ0n) is 17.1. The van der Waals surface area contributed by atoms with Gasteiger partial charge in [0.1, 0.15) is 11.9 Å². The highest BCUT2D eigenvalue weighted by Gasteiger charge is 2.35. The highest BCUT2D eigenvalue weighted by atomic mass is 35.5.